The van der Waals surface area contributed by atoms with Crippen LogP contribution in [0.3, 0.4) is 0 Å². The predicted octanol–water partition coefficient (Wildman–Crippen LogP) is 4.02. The molecule has 130 valence electrons. The van der Waals surface area contributed by atoms with Crippen molar-refractivity contribution in [3.05, 3.63) is 41.7 Å². The molecule has 0 saturated carbocycles. The molecule has 0 aliphatic heterocycles. The smallest absolute Gasteiger partial charge is 0.135 e. The van der Waals surface area contributed by atoms with E-state index in [2.05, 4.69) is 78.6 Å². The van der Waals surface area contributed by atoms with Crippen LogP contribution in [0.1, 0.15) is 37.3 Å². The van der Waals surface area contributed by atoms with E-state index in [1.165, 1.54) is 11.1 Å². The van der Waals surface area contributed by atoms with Crippen LogP contribution in [0.25, 0.3) is 0 Å². The van der Waals surface area contributed by atoms with Crippen molar-refractivity contribution < 1.29 is 0 Å². The molecular weight excluding hydrogens is 298 g/mol. The van der Waals surface area contributed by atoms with Crippen LogP contribution in [0, 0.1) is 6.92 Å². The van der Waals surface area contributed by atoms with E-state index in [0.29, 0.717) is 5.92 Å². The standard InChI is InChI=1S/C19H29N5/c1-14(2)16-9-6-8-15(3)19(16)23-18-12-17(21-13-22-18)20-10-7-11-24(4)5/h6,8-9,12-14H,7,10-11H2,1-5H3,(H2,20,21,22,23). The molecule has 0 amide bonds. The van der Waals surface area contributed by atoms with Crippen LogP contribution in [0.5, 0.6) is 0 Å². The van der Waals surface area contributed by atoms with E-state index < -0.39 is 0 Å². The third-order valence-electron chi connectivity index (χ3n) is 3.94. The lowest BCUT2D eigenvalue weighted by molar-refractivity contribution is 0.405. The Balaban J connectivity index is 2.07. The van der Waals surface area contributed by atoms with Crippen LogP contribution in [-0.4, -0.2) is 42.1 Å². The molecule has 0 fully saturated rings. The maximum atomic E-state index is 4.36. The summed E-state index contributed by atoms with van der Waals surface area (Å²) in [5.74, 6) is 2.13. The van der Waals surface area contributed by atoms with E-state index in [0.717, 1.165) is 36.8 Å². The second-order valence-electron chi connectivity index (χ2n) is 6.69. The summed E-state index contributed by atoms with van der Waals surface area (Å²) in [7, 11) is 4.17. The first-order valence-corrected chi connectivity index (χ1v) is 8.54. The normalized spacial score (nSPS) is 11.1. The SMILES string of the molecule is Cc1cccc(C(C)C)c1Nc1cc(NCCCN(C)C)ncn1. The Morgan fingerprint density at radius 2 is 1.88 bits per heavy atom. The summed E-state index contributed by atoms with van der Waals surface area (Å²) in [6.45, 7) is 8.49. The highest BCUT2D eigenvalue weighted by Gasteiger charge is 2.10. The maximum absolute atomic E-state index is 4.36. The van der Waals surface area contributed by atoms with Crippen LogP contribution in [0.2, 0.25) is 0 Å². The first-order chi connectivity index (χ1) is 11.5. The Kier molecular flexibility index (Phi) is 6.55. The fourth-order valence-corrected chi connectivity index (χ4v) is 2.60. The molecule has 5 nitrogen and oxygen atoms in total. The third-order valence-corrected chi connectivity index (χ3v) is 3.94. The fourth-order valence-electron chi connectivity index (χ4n) is 2.60. The van der Waals surface area contributed by atoms with Crippen molar-refractivity contribution in [2.45, 2.75) is 33.1 Å². The summed E-state index contributed by atoms with van der Waals surface area (Å²) >= 11 is 0. The molecule has 1 aromatic carbocycles. The van der Waals surface area contributed by atoms with Gasteiger partial charge in [0.15, 0.2) is 0 Å². The zero-order valence-corrected chi connectivity index (χ0v) is 15.4. The molecule has 0 unspecified atom stereocenters. The number of hydrogen-bond donors (Lipinski definition) is 2. The Labute approximate surface area is 145 Å². The van der Waals surface area contributed by atoms with E-state index in [9.17, 15) is 0 Å². The lowest BCUT2D eigenvalue weighted by Crippen LogP contribution is -2.16. The van der Waals surface area contributed by atoms with Crippen molar-refractivity contribution in [2.75, 3.05) is 37.8 Å². The summed E-state index contributed by atoms with van der Waals surface area (Å²) in [5, 5.41) is 6.83. The minimum Gasteiger partial charge on any atom is -0.370 e. The summed E-state index contributed by atoms with van der Waals surface area (Å²) in [6, 6.07) is 8.36. The van der Waals surface area contributed by atoms with Crippen molar-refractivity contribution in [2.24, 2.45) is 0 Å². The largest absolute Gasteiger partial charge is 0.370 e. The number of rotatable bonds is 8. The van der Waals surface area contributed by atoms with E-state index >= 15 is 0 Å². The van der Waals surface area contributed by atoms with Gasteiger partial charge in [-0.2, -0.15) is 0 Å². The zero-order valence-electron chi connectivity index (χ0n) is 15.4. The Bertz CT molecular complexity index is 652. The van der Waals surface area contributed by atoms with Gasteiger partial charge in [0.1, 0.15) is 18.0 Å². The van der Waals surface area contributed by atoms with Crippen LogP contribution >= 0.6 is 0 Å². The Hall–Kier alpha value is -2.14. The average molecular weight is 327 g/mol. The molecular formula is C19H29N5. The highest BCUT2D eigenvalue weighted by atomic mass is 15.1. The molecule has 0 aliphatic carbocycles. The maximum Gasteiger partial charge on any atom is 0.135 e. The predicted molar refractivity (Wildman–Crippen MR) is 102 cm³/mol. The van der Waals surface area contributed by atoms with Gasteiger partial charge in [0, 0.05) is 18.3 Å². The van der Waals surface area contributed by atoms with Gasteiger partial charge in [-0.25, -0.2) is 9.97 Å². The van der Waals surface area contributed by atoms with Crippen LogP contribution in [0.4, 0.5) is 17.3 Å². The minimum absolute atomic E-state index is 0.456. The lowest BCUT2D eigenvalue weighted by atomic mass is 9.98. The van der Waals surface area contributed by atoms with Gasteiger partial charge in [-0.1, -0.05) is 32.0 Å². The minimum atomic E-state index is 0.456. The molecule has 2 aromatic rings. The van der Waals surface area contributed by atoms with E-state index in [-0.39, 0.29) is 0 Å². The second kappa shape index (κ2) is 8.64. The number of nitrogens with zero attached hydrogens (tertiary/aromatic N) is 3. The third kappa shape index (κ3) is 5.20. The zero-order chi connectivity index (χ0) is 17.5. The Morgan fingerprint density at radius 3 is 2.58 bits per heavy atom. The first kappa shape index (κ1) is 18.2. The summed E-state index contributed by atoms with van der Waals surface area (Å²) < 4.78 is 0. The van der Waals surface area contributed by atoms with Crippen LogP contribution < -0.4 is 10.6 Å². The summed E-state index contributed by atoms with van der Waals surface area (Å²) in [5.41, 5.74) is 3.67. The monoisotopic (exact) mass is 327 g/mol. The van der Waals surface area contributed by atoms with Crippen LogP contribution in [0.15, 0.2) is 30.6 Å². The van der Waals surface area contributed by atoms with E-state index in [1.54, 1.807) is 6.33 Å². The highest BCUT2D eigenvalue weighted by molar-refractivity contribution is 5.66. The molecule has 24 heavy (non-hydrogen) atoms. The molecule has 0 saturated heterocycles. The fraction of sp³-hybridized carbons (Fsp3) is 0.474. The van der Waals surface area contributed by atoms with E-state index in [1.807, 2.05) is 6.07 Å². The van der Waals surface area contributed by atoms with Gasteiger partial charge in [0.05, 0.1) is 0 Å². The molecule has 0 atom stereocenters. The molecule has 2 rings (SSSR count). The molecule has 0 spiro atoms. The molecule has 1 heterocycles. The molecule has 1 aromatic heterocycles. The first-order valence-electron chi connectivity index (χ1n) is 8.54. The molecule has 0 bridgehead atoms. The van der Waals surface area contributed by atoms with Crippen LogP contribution in [-0.2, 0) is 0 Å². The summed E-state index contributed by atoms with van der Waals surface area (Å²) in [4.78, 5) is 10.8. The average Bonchev–Trinajstić information content (AvgIpc) is 2.53. The number of aryl methyl sites for hydroxylation is 1. The van der Waals surface area contributed by atoms with Crippen molar-refractivity contribution in [1.82, 2.24) is 14.9 Å². The number of hydrogen-bond acceptors (Lipinski definition) is 5. The van der Waals surface area contributed by atoms with Crippen molar-refractivity contribution >= 4 is 17.3 Å². The van der Waals surface area contributed by atoms with Crippen molar-refractivity contribution in [3.8, 4) is 0 Å². The van der Waals surface area contributed by atoms with E-state index in [4.69, 9.17) is 0 Å². The lowest BCUT2D eigenvalue weighted by Gasteiger charge is -2.17. The number of para-hydroxylation sites is 1. The number of benzene rings is 1. The quantitative estimate of drug-likeness (QED) is 0.717. The topological polar surface area (TPSA) is 53.1 Å². The number of nitrogens with one attached hydrogen (secondary N) is 2. The Morgan fingerprint density at radius 1 is 1.12 bits per heavy atom. The number of anilines is 3. The molecule has 5 heteroatoms. The van der Waals surface area contributed by atoms with Gasteiger partial charge >= 0.3 is 0 Å². The molecule has 0 radical (unpaired) electrons. The van der Waals surface area contributed by atoms with Gasteiger partial charge in [-0.05, 0) is 51.0 Å². The van der Waals surface area contributed by atoms with Gasteiger partial charge in [0.2, 0.25) is 0 Å². The number of aromatic nitrogens is 2. The second-order valence-corrected chi connectivity index (χ2v) is 6.69. The highest BCUT2D eigenvalue weighted by Crippen LogP contribution is 2.29. The van der Waals surface area contributed by atoms with Gasteiger partial charge in [0.25, 0.3) is 0 Å². The van der Waals surface area contributed by atoms with Gasteiger partial charge in [-0.3, -0.25) is 0 Å². The summed E-state index contributed by atoms with van der Waals surface area (Å²) in [6.07, 6.45) is 2.68. The van der Waals surface area contributed by atoms with Gasteiger partial charge in [-0.15, -0.1) is 0 Å². The molecule has 2 N–H and O–H groups in total. The molecule has 0 aliphatic rings. The van der Waals surface area contributed by atoms with Crippen molar-refractivity contribution in [1.29, 1.82) is 0 Å². The van der Waals surface area contributed by atoms with Crippen molar-refractivity contribution in [3.63, 3.8) is 0 Å². The van der Waals surface area contributed by atoms with Gasteiger partial charge < -0.3 is 15.5 Å².